The lowest BCUT2D eigenvalue weighted by Gasteiger charge is -2.07. The van der Waals surface area contributed by atoms with Gasteiger partial charge in [-0.05, 0) is 25.1 Å². The lowest BCUT2D eigenvalue weighted by atomic mass is 10.1. The normalized spacial score (nSPS) is 9.53. The van der Waals surface area contributed by atoms with Crippen molar-refractivity contribution in [1.29, 1.82) is 0 Å². The molecule has 0 atom stereocenters. The largest absolute Gasteiger partial charge is 0.481 e. The van der Waals surface area contributed by atoms with Crippen molar-refractivity contribution in [2.24, 2.45) is 0 Å². The molecule has 0 aliphatic rings. The van der Waals surface area contributed by atoms with E-state index in [-0.39, 0.29) is 23.7 Å². The zero-order valence-corrected chi connectivity index (χ0v) is 9.56. The molecule has 5 heteroatoms. The average molecular weight is 236 g/mol. The van der Waals surface area contributed by atoms with Crippen molar-refractivity contribution < 1.29 is 23.9 Å². The molecule has 0 radical (unpaired) electrons. The number of rotatable bonds is 5. The summed E-state index contributed by atoms with van der Waals surface area (Å²) in [4.78, 5) is 32.8. The molecule has 0 aliphatic carbocycles. The Morgan fingerprint density at radius 3 is 2.59 bits per heavy atom. The lowest BCUT2D eigenvalue weighted by molar-refractivity contribution is -0.142. The van der Waals surface area contributed by atoms with Crippen LogP contribution in [0.2, 0.25) is 0 Å². The summed E-state index contributed by atoms with van der Waals surface area (Å²) in [5, 5.41) is 0. The molecular formula is C12H12O5. The Bertz CT molecular complexity index is 450. The average Bonchev–Trinajstić information content (AvgIpc) is 2.35. The maximum absolute atomic E-state index is 11.1. The first-order valence-corrected chi connectivity index (χ1v) is 4.88. The number of carbonyl (C=O) groups is 3. The summed E-state index contributed by atoms with van der Waals surface area (Å²) < 4.78 is 9.50. The Kier molecular flexibility index (Phi) is 4.39. The van der Waals surface area contributed by atoms with Gasteiger partial charge in [0.15, 0.2) is 18.7 Å². The quantitative estimate of drug-likeness (QED) is 0.437. The number of ketones is 1. The van der Waals surface area contributed by atoms with E-state index in [4.69, 9.17) is 4.74 Å². The molecule has 0 fully saturated rings. The van der Waals surface area contributed by atoms with E-state index in [2.05, 4.69) is 4.74 Å². The fourth-order valence-electron chi connectivity index (χ4n) is 1.19. The molecular weight excluding hydrogens is 224 g/mol. The number of ether oxygens (including phenoxy) is 2. The van der Waals surface area contributed by atoms with Gasteiger partial charge in [0, 0.05) is 5.56 Å². The van der Waals surface area contributed by atoms with Crippen LogP contribution in [0.4, 0.5) is 0 Å². The van der Waals surface area contributed by atoms with Crippen molar-refractivity contribution in [2.75, 3.05) is 13.7 Å². The molecule has 90 valence electrons. The molecule has 0 saturated heterocycles. The van der Waals surface area contributed by atoms with E-state index in [1.165, 1.54) is 32.2 Å². The van der Waals surface area contributed by atoms with Crippen molar-refractivity contribution in [3.8, 4) is 5.75 Å². The van der Waals surface area contributed by atoms with Crippen LogP contribution in [-0.2, 0) is 9.53 Å². The van der Waals surface area contributed by atoms with Crippen molar-refractivity contribution in [3.05, 3.63) is 29.3 Å². The number of methoxy groups -OCH3 is 1. The van der Waals surface area contributed by atoms with Crippen LogP contribution in [0.1, 0.15) is 27.6 Å². The first kappa shape index (κ1) is 12.9. The highest BCUT2D eigenvalue weighted by molar-refractivity contribution is 5.96. The van der Waals surface area contributed by atoms with Gasteiger partial charge in [0.05, 0.1) is 12.7 Å². The number of Topliss-reactive ketones (excluding diaryl/α,β-unsaturated/α-hetero) is 1. The summed E-state index contributed by atoms with van der Waals surface area (Å²) in [6.45, 7) is 1.12. The van der Waals surface area contributed by atoms with Crippen LogP contribution in [0.15, 0.2) is 18.2 Å². The molecule has 1 aromatic rings. The van der Waals surface area contributed by atoms with Gasteiger partial charge in [0.25, 0.3) is 0 Å². The first-order valence-electron chi connectivity index (χ1n) is 4.88. The molecule has 17 heavy (non-hydrogen) atoms. The molecule has 1 aromatic carbocycles. The zero-order valence-electron chi connectivity index (χ0n) is 9.56. The van der Waals surface area contributed by atoms with Crippen LogP contribution in [0.3, 0.4) is 0 Å². The molecule has 0 N–H and O–H groups in total. The van der Waals surface area contributed by atoms with Gasteiger partial charge >= 0.3 is 5.97 Å². The SMILES string of the molecule is COC(=O)COc1ccc(C(C)=O)cc1C=O. The van der Waals surface area contributed by atoms with Gasteiger partial charge in [-0.15, -0.1) is 0 Å². The molecule has 1 rings (SSSR count). The van der Waals surface area contributed by atoms with E-state index in [1.54, 1.807) is 0 Å². The molecule has 0 spiro atoms. The predicted octanol–water partition coefficient (Wildman–Crippen LogP) is 1.25. The summed E-state index contributed by atoms with van der Waals surface area (Å²) in [6.07, 6.45) is 0.569. The second-order valence-corrected chi connectivity index (χ2v) is 3.29. The van der Waals surface area contributed by atoms with Gasteiger partial charge in [-0.1, -0.05) is 0 Å². The van der Waals surface area contributed by atoms with Gasteiger partial charge in [-0.2, -0.15) is 0 Å². The van der Waals surface area contributed by atoms with Gasteiger partial charge in [-0.25, -0.2) is 4.79 Å². The third-order valence-corrected chi connectivity index (χ3v) is 2.12. The summed E-state index contributed by atoms with van der Waals surface area (Å²) in [6, 6.07) is 4.42. The Hall–Kier alpha value is -2.17. The van der Waals surface area contributed by atoms with E-state index in [9.17, 15) is 14.4 Å². The van der Waals surface area contributed by atoms with Gasteiger partial charge < -0.3 is 9.47 Å². The molecule has 0 bridgehead atoms. The highest BCUT2D eigenvalue weighted by Crippen LogP contribution is 2.18. The smallest absolute Gasteiger partial charge is 0.343 e. The number of carbonyl (C=O) groups excluding carboxylic acids is 3. The highest BCUT2D eigenvalue weighted by atomic mass is 16.6. The van der Waals surface area contributed by atoms with Crippen molar-refractivity contribution >= 4 is 18.0 Å². The molecule has 0 aromatic heterocycles. The van der Waals surface area contributed by atoms with Crippen LogP contribution in [0.5, 0.6) is 5.75 Å². The monoisotopic (exact) mass is 236 g/mol. The van der Waals surface area contributed by atoms with Crippen molar-refractivity contribution in [2.45, 2.75) is 6.92 Å². The Balaban J connectivity index is 2.89. The van der Waals surface area contributed by atoms with Crippen LogP contribution in [0.25, 0.3) is 0 Å². The molecule has 0 aliphatic heterocycles. The Labute approximate surface area is 98.3 Å². The minimum absolute atomic E-state index is 0.146. The van der Waals surface area contributed by atoms with Crippen LogP contribution < -0.4 is 4.74 Å². The minimum Gasteiger partial charge on any atom is -0.481 e. The number of aldehydes is 1. The maximum Gasteiger partial charge on any atom is 0.343 e. The third kappa shape index (κ3) is 3.41. The number of hydrogen-bond acceptors (Lipinski definition) is 5. The Morgan fingerprint density at radius 2 is 2.06 bits per heavy atom. The zero-order chi connectivity index (χ0) is 12.8. The number of esters is 1. The van der Waals surface area contributed by atoms with Crippen molar-refractivity contribution in [1.82, 2.24) is 0 Å². The molecule has 0 unspecified atom stereocenters. The molecule has 0 heterocycles. The standard InChI is InChI=1S/C12H12O5/c1-8(14)9-3-4-11(10(5-9)6-13)17-7-12(15)16-2/h3-6H,7H2,1-2H3. The number of hydrogen-bond donors (Lipinski definition) is 0. The summed E-state index contributed by atoms with van der Waals surface area (Å²) in [5.74, 6) is -0.444. The first-order chi connectivity index (χ1) is 8.08. The van der Waals surface area contributed by atoms with E-state index in [0.29, 0.717) is 11.8 Å². The third-order valence-electron chi connectivity index (χ3n) is 2.12. The Morgan fingerprint density at radius 1 is 1.35 bits per heavy atom. The highest BCUT2D eigenvalue weighted by Gasteiger charge is 2.09. The van der Waals surface area contributed by atoms with E-state index < -0.39 is 5.97 Å². The minimum atomic E-state index is -0.544. The van der Waals surface area contributed by atoms with Crippen molar-refractivity contribution in [3.63, 3.8) is 0 Å². The number of benzene rings is 1. The summed E-state index contributed by atoms with van der Waals surface area (Å²) in [7, 11) is 1.24. The van der Waals surface area contributed by atoms with E-state index >= 15 is 0 Å². The fourth-order valence-corrected chi connectivity index (χ4v) is 1.19. The fraction of sp³-hybridized carbons (Fsp3) is 0.250. The topological polar surface area (TPSA) is 69.7 Å². The van der Waals surface area contributed by atoms with E-state index in [1.807, 2.05) is 0 Å². The van der Waals surface area contributed by atoms with Crippen LogP contribution in [-0.4, -0.2) is 31.8 Å². The lowest BCUT2D eigenvalue weighted by Crippen LogP contribution is -2.13. The second kappa shape index (κ2) is 5.79. The van der Waals surface area contributed by atoms with E-state index in [0.717, 1.165) is 0 Å². The molecule has 0 amide bonds. The molecule has 5 nitrogen and oxygen atoms in total. The van der Waals surface area contributed by atoms with Gasteiger partial charge in [0.2, 0.25) is 0 Å². The molecule has 0 saturated carbocycles. The maximum atomic E-state index is 11.1. The van der Waals surface area contributed by atoms with Crippen LogP contribution >= 0.6 is 0 Å². The summed E-state index contributed by atoms with van der Waals surface area (Å²) in [5.41, 5.74) is 0.638. The van der Waals surface area contributed by atoms with Crippen LogP contribution in [0, 0.1) is 0 Å². The predicted molar refractivity (Wildman–Crippen MR) is 59.3 cm³/mol. The van der Waals surface area contributed by atoms with Gasteiger partial charge in [0.1, 0.15) is 5.75 Å². The van der Waals surface area contributed by atoms with Gasteiger partial charge in [-0.3, -0.25) is 9.59 Å². The second-order valence-electron chi connectivity index (χ2n) is 3.29. The summed E-state index contributed by atoms with van der Waals surface area (Å²) >= 11 is 0.